The number of benzene rings is 2. The molecule has 1 amide bonds. The van der Waals surface area contributed by atoms with Crippen molar-refractivity contribution >= 4 is 38.6 Å². The lowest BCUT2D eigenvalue weighted by Crippen LogP contribution is -2.23. The van der Waals surface area contributed by atoms with Gasteiger partial charge >= 0.3 is 5.76 Å². The largest absolute Gasteiger partial charge is 0.497 e. The van der Waals surface area contributed by atoms with Crippen molar-refractivity contribution in [1.29, 1.82) is 0 Å². The summed E-state index contributed by atoms with van der Waals surface area (Å²) < 4.78 is 19.8. The van der Waals surface area contributed by atoms with E-state index in [0.717, 1.165) is 16.0 Å². The molecule has 29 heavy (non-hydrogen) atoms. The van der Waals surface area contributed by atoms with Crippen molar-refractivity contribution in [3.63, 3.8) is 0 Å². The molecular weight excluding hydrogens is 394 g/mol. The van der Waals surface area contributed by atoms with E-state index in [1.807, 2.05) is 22.8 Å². The van der Waals surface area contributed by atoms with Crippen LogP contribution in [0.25, 0.3) is 21.3 Å². The van der Waals surface area contributed by atoms with Crippen LogP contribution in [0.1, 0.15) is 0 Å². The molecule has 0 N–H and O–H groups in total. The van der Waals surface area contributed by atoms with E-state index < -0.39 is 11.7 Å². The lowest BCUT2D eigenvalue weighted by molar-refractivity contribution is -0.118. The second-order valence-electron chi connectivity index (χ2n) is 6.29. The molecule has 0 saturated heterocycles. The number of carbonyl (C=O) groups is 1. The number of methoxy groups -OCH3 is 2. The number of amides is 1. The fourth-order valence-electron chi connectivity index (χ4n) is 3.11. The van der Waals surface area contributed by atoms with Gasteiger partial charge in [-0.15, -0.1) is 0 Å². The summed E-state index contributed by atoms with van der Waals surface area (Å²) in [6.07, 6.45) is 0. The first-order valence-corrected chi connectivity index (χ1v) is 9.74. The van der Waals surface area contributed by atoms with Gasteiger partial charge in [0.05, 0.1) is 29.5 Å². The SMILES string of the molecule is COCCn1c(=NC(=O)Cn2c(=O)oc3ccccc32)sc2cc(OC)ccc21. The molecule has 0 fully saturated rings. The van der Waals surface area contributed by atoms with Crippen molar-refractivity contribution in [3.05, 3.63) is 57.8 Å². The zero-order valence-electron chi connectivity index (χ0n) is 16.0. The minimum absolute atomic E-state index is 0.197. The third kappa shape index (κ3) is 3.74. The van der Waals surface area contributed by atoms with Crippen molar-refractivity contribution in [1.82, 2.24) is 9.13 Å². The van der Waals surface area contributed by atoms with E-state index in [4.69, 9.17) is 13.9 Å². The molecule has 2 aromatic carbocycles. The molecule has 0 spiro atoms. The smallest absolute Gasteiger partial charge is 0.420 e. The number of nitrogens with zero attached hydrogens (tertiary/aromatic N) is 3. The first-order valence-electron chi connectivity index (χ1n) is 8.93. The van der Waals surface area contributed by atoms with Gasteiger partial charge in [0, 0.05) is 13.7 Å². The Morgan fingerprint density at radius 1 is 1.14 bits per heavy atom. The van der Waals surface area contributed by atoms with Gasteiger partial charge in [-0.25, -0.2) is 4.79 Å². The Morgan fingerprint density at radius 3 is 2.76 bits per heavy atom. The summed E-state index contributed by atoms with van der Waals surface area (Å²) in [5.74, 6) is -0.293. The predicted molar refractivity (Wildman–Crippen MR) is 109 cm³/mol. The highest BCUT2D eigenvalue weighted by molar-refractivity contribution is 7.16. The van der Waals surface area contributed by atoms with Crippen LogP contribution in [0.4, 0.5) is 0 Å². The topological polar surface area (TPSA) is 88.0 Å². The number of hydrogen-bond donors (Lipinski definition) is 0. The minimum atomic E-state index is -0.580. The highest BCUT2D eigenvalue weighted by Gasteiger charge is 2.13. The summed E-state index contributed by atoms with van der Waals surface area (Å²) in [6, 6.07) is 12.7. The van der Waals surface area contributed by atoms with Crippen LogP contribution in [0.5, 0.6) is 5.75 Å². The Hall–Kier alpha value is -3.17. The molecule has 2 heterocycles. The summed E-state index contributed by atoms with van der Waals surface area (Å²) in [6.45, 7) is 0.826. The minimum Gasteiger partial charge on any atom is -0.497 e. The van der Waals surface area contributed by atoms with Gasteiger partial charge in [-0.3, -0.25) is 9.36 Å². The van der Waals surface area contributed by atoms with E-state index in [2.05, 4.69) is 4.99 Å². The molecular formula is C20H19N3O5S. The number of rotatable bonds is 6. The van der Waals surface area contributed by atoms with Crippen molar-refractivity contribution in [2.45, 2.75) is 13.1 Å². The summed E-state index contributed by atoms with van der Waals surface area (Å²) in [5.41, 5.74) is 1.94. The van der Waals surface area contributed by atoms with Crippen molar-refractivity contribution in [3.8, 4) is 5.75 Å². The molecule has 8 nitrogen and oxygen atoms in total. The van der Waals surface area contributed by atoms with Crippen molar-refractivity contribution < 1.29 is 18.7 Å². The van der Waals surface area contributed by atoms with Gasteiger partial charge in [-0.05, 0) is 30.3 Å². The number of aromatic nitrogens is 2. The molecule has 0 aliphatic carbocycles. The molecule has 0 atom stereocenters. The lowest BCUT2D eigenvalue weighted by atomic mass is 10.3. The number of hydrogen-bond acceptors (Lipinski definition) is 6. The maximum absolute atomic E-state index is 12.7. The zero-order chi connectivity index (χ0) is 20.4. The maximum atomic E-state index is 12.7. The van der Waals surface area contributed by atoms with Crippen LogP contribution >= 0.6 is 11.3 Å². The predicted octanol–water partition coefficient (Wildman–Crippen LogP) is 2.39. The molecule has 0 aliphatic heterocycles. The van der Waals surface area contributed by atoms with Crippen LogP contribution in [0, 0.1) is 0 Å². The molecule has 4 aromatic rings. The first-order chi connectivity index (χ1) is 14.1. The molecule has 0 bridgehead atoms. The third-order valence-corrected chi connectivity index (χ3v) is 5.54. The highest BCUT2D eigenvalue weighted by Crippen LogP contribution is 2.23. The second-order valence-corrected chi connectivity index (χ2v) is 7.30. The van der Waals surface area contributed by atoms with E-state index in [1.165, 1.54) is 15.9 Å². The zero-order valence-corrected chi connectivity index (χ0v) is 16.8. The summed E-state index contributed by atoms with van der Waals surface area (Å²) in [5, 5.41) is 0. The summed E-state index contributed by atoms with van der Waals surface area (Å²) in [4.78, 5) is 29.6. The van der Waals surface area contributed by atoms with Gasteiger partial charge in [0.25, 0.3) is 5.91 Å². The standard InChI is InChI=1S/C20H19N3O5S/c1-26-10-9-22-15-8-7-13(27-2)11-17(15)29-19(22)21-18(24)12-23-14-5-3-4-6-16(14)28-20(23)25/h3-8,11H,9-10,12H2,1-2H3. The normalized spacial score (nSPS) is 12.1. The van der Waals surface area contributed by atoms with Crippen LogP contribution in [-0.2, 0) is 22.6 Å². The van der Waals surface area contributed by atoms with Gasteiger partial charge in [-0.2, -0.15) is 4.99 Å². The molecule has 0 aliphatic rings. The second kappa shape index (κ2) is 8.06. The number of thiazole rings is 1. The van der Waals surface area contributed by atoms with Crippen molar-refractivity contribution in [2.24, 2.45) is 4.99 Å². The molecule has 2 aromatic heterocycles. The monoisotopic (exact) mass is 413 g/mol. The fourth-order valence-corrected chi connectivity index (χ4v) is 4.21. The lowest BCUT2D eigenvalue weighted by Gasteiger charge is -2.05. The van der Waals surface area contributed by atoms with E-state index in [9.17, 15) is 9.59 Å². The quantitative estimate of drug-likeness (QED) is 0.484. The third-order valence-electron chi connectivity index (χ3n) is 4.50. The van der Waals surface area contributed by atoms with E-state index >= 15 is 0 Å². The molecule has 9 heteroatoms. The Balaban J connectivity index is 1.75. The van der Waals surface area contributed by atoms with E-state index in [0.29, 0.717) is 29.1 Å². The molecule has 0 radical (unpaired) electrons. The fraction of sp³-hybridized carbons (Fsp3) is 0.250. The average Bonchev–Trinajstić information content (AvgIpc) is 3.22. The Morgan fingerprint density at radius 2 is 1.97 bits per heavy atom. The van der Waals surface area contributed by atoms with Gasteiger partial charge in [-0.1, -0.05) is 23.5 Å². The van der Waals surface area contributed by atoms with E-state index in [-0.39, 0.29) is 6.54 Å². The van der Waals surface area contributed by atoms with Gasteiger partial charge < -0.3 is 18.5 Å². The number of carbonyl (C=O) groups excluding carboxylic acids is 1. The number of oxazole rings is 1. The summed E-state index contributed by atoms with van der Waals surface area (Å²) in [7, 11) is 3.23. The Kier molecular flexibility index (Phi) is 5.32. The Labute approximate surface area is 169 Å². The van der Waals surface area contributed by atoms with Crippen LogP contribution in [-0.4, -0.2) is 35.9 Å². The van der Waals surface area contributed by atoms with Crippen molar-refractivity contribution in [2.75, 3.05) is 20.8 Å². The number of fused-ring (bicyclic) bond motifs is 2. The van der Waals surface area contributed by atoms with Gasteiger partial charge in [0.15, 0.2) is 10.4 Å². The van der Waals surface area contributed by atoms with E-state index in [1.54, 1.807) is 38.5 Å². The average molecular weight is 413 g/mol. The maximum Gasteiger partial charge on any atom is 0.420 e. The molecule has 0 saturated carbocycles. The number of ether oxygens (including phenoxy) is 2. The number of para-hydroxylation sites is 2. The first kappa shape index (κ1) is 19.2. The van der Waals surface area contributed by atoms with Gasteiger partial charge in [0.1, 0.15) is 12.3 Å². The summed E-state index contributed by atoms with van der Waals surface area (Å²) >= 11 is 1.38. The molecule has 4 rings (SSSR count). The van der Waals surface area contributed by atoms with Crippen LogP contribution < -0.4 is 15.3 Å². The van der Waals surface area contributed by atoms with Crippen LogP contribution in [0.15, 0.2) is 56.7 Å². The van der Waals surface area contributed by atoms with Crippen LogP contribution in [0.3, 0.4) is 0 Å². The van der Waals surface area contributed by atoms with Gasteiger partial charge in [0.2, 0.25) is 0 Å². The Bertz CT molecular complexity index is 1310. The van der Waals surface area contributed by atoms with Crippen LogP contribution in [0.2, 0.25) is 0 Å². The highest BCUT2D eigenvalue weighted by atomic mass is 32.1. The molecule has 150 valence electrons. The molecule has 0 unspecified atom stereocenters.